The van der Waals surface area contributed by atoms with Gasteiger partial charge in [0.25, 0.3) is 0 Å². The fourth-order valence-corrected chi connectivity index (χ4v) is 6.63. The first-order valence-electron chi connectivity index (χ1n) is 14.0. The number of pyridine rings is 1. The van der Waals surface area contributed by atoms with Crippen molar-refractivity contribution in [3.05, 3.63) is 54.0 Å². The molecule has 43 heavy (non-hydrogen) atoms. The van der Waals surface area contributed by atoms with E-state index in [9.17, 15) is 26.3 Å². The summed E-state index contributed by atoms with van der Waals surface area (Å²) in [4.78, 5) is 4.16. The summed E-state index contributed by atoms with van der Waals surface area (Å²) < 4.78 is 95.0. The zero-order valence-electron chi connectivity index (χ0n) is 24.5. The molecule has 0 spiro atoms. The number of nitrogen functional groups attached to an aromatic ring is 1. The lowest BCUT2D eigenvalue weighted by atomic mass is 9.93. The van der Waals surface area contributed by atoms with Gasteiger partial charge in [-0.25, -0.2) is 4.98 Å². The molecule has 0 atom stereocenters. The van der Waals surface area contributed by atoms with Crippen LogP contribution in [-0.4, -0.2) is 29.2 Å². The van der Waals surface area contributed by atoms with Crippen LogP contribution in [-0.2, 0) is 16.8 Å². The topological polar surface area (TPSA) is 79.1 Å². The molecule has 1 aliphatic rings. The van der Waals surface area contributed by atoms with Crippen molar-refractivity contribution in [2.24, 2.45) is 0 Å². The summed E-state index contributed by atoms with van der Waals surface area (Å²) in [6.45, 7) is 11.2. The van der Waals surface area contributed by atoms with E-state index in [1.165, 1.54) is 12.3 Å². The summed E-state index contributed by atoms with van der Waals surface area (Å²) in [5.41, 5.74) is 4.03. The lowest BCUT2D eigenvalue weighted by Crippen LogP contribution is -2.44. The van der Waals surface area contributed by atoms with E-state index in [0.717, 1.165) is 25.7 Å². The van der Waals surface area contributed by atoms with Gasteiger partial charge in [0.15, 0.2) is 19.7 Å². The molecule has 3 heterocycles. The first-order valence-corrected chi connectivity index (χ1v) is 16.9. The van der Waals surface area contributed by atoms with Crippen LogP contribution >= 0.6 is 0 Å². The molecule has 5 rings (SSSR count). The van der Waals surface area contributed by atoms with Crippen molar-refractivity contribution in [2.75, 3.05) is 5.73 Å². The average molecular weight is 625 g/mol. The Hall–Kier alpha value is -3.32. The van der Waals surface area contributed by atoms with Crippen molar-refractivity contribution in [2.45, 2.75) is 89.1 Å². The molecule has 13 heteroatoms. The van der Waals surface area contributed by atoms with E-state index < -0.39 is 31.8 Å². The standard InChI is InChI=1S/C30H34F6N4O2Si/c1-28(2,3)43(4,5)42-22-8-6-21(7-9-22)40-16-18(14-39-40)24-15-38-27(37)26-23(24)13-25(41-26)17-10-19(29(31,32)33)12-20(11-17)30(34,35)36/h10-16,21-22H,6-9H2,1-5H3,(H2,37,38)/t21-,22-. The molecule has 0 unspecified atom stereocenters. The maximum atomic E-state index is 13.5. The molecule has 0 saturated heterocycles. The van der Waals surface area contributed by atoms with Crippen LogP contribution in [0.3, 0.4) is 0 Å². The zero-order valence-corrected chi connectivity index (χ0v) is 25.5. The molecule has 1 fully saturated rings. The number of alkyl halides is 6. The van der Waals surface area contributed by atoms with Gasteiger partial charge in [0, 0.05) is 40.6 Å². The third-order valence-corrected chi connectivity index (χ3v) is 13.2. The molecule has 1 saturated carbocycles. The minimum Gasteiger partial charge on any atom is -0.452 e. The predicted molar refractivity (Wildman–Crippen MR) is 155 cm³/mol. The summed E-state index contributed by atoms with van der Waals surface area (Å²) in [7, 11) is -1.87. The Kier molecular flexibility index (Phi) is 7.73. The van der Waals surface area contributed by atoms with E-state index in [0.29, 0.717) is 28.6 Å². The number of aromatic nitrogens is 3. The number of benzene rings is 1. The smallest absolute Gasteiger partial charge is 0.416 e. The number of anilines is 1. The number of halogens is 6. The number of fused-ring (bicyclic) bond motifs is 1. The number of hydrogen-bond donors (Lipinski definition) is 1. The summed E-state index contributed by atoms with van der Waals surface area (Å²) in [6, 6.07) is 2.88. The SMILES string of the molecule is CC(C)(C)[Si](C)(C)O[C@H]1CC[C@H](n2cc(-c3cnc(N)c4oc(-c5cc(C(F)(F)F)cc(C(F)(F)F)c5)cc34)cn2)CC1. The van der Waals surface area contributed by atoms with Crippen LogP contribution in [0.25, 0.3) is 33.4 Å². The molecule has 1 aromatic carbocycles. The van der Waals surface area contributed by atoms with Crippen molar-refractivity contribution in [1.82, 2.24) is 14.8 Å². The molecule has 3 aromatic heterocycles. The van der Waals surface area contributed by atoms with Crippen LogP contribution < -0.4 is 5.73 Å². The van der Waals surface area contributed by atoms with Crippen molar-refractivity contribution in [3.63, 3.8) is 0 Å². The molecule has 0 aliphatic heterocycles. The highest BCUT2D eigenvalue weighted by Crippen LogP contribution is 2.43. The van der Waals surface area contributed by atoms with Gasteiger partial charge in [-0.05, 0) is 68.1 Å². The monoisotopic (exact) mass is 624 g/mol. The Balaban J connectivity index is 1.43. The van der Waals surface area contributed by atoms with Gasteiger partial charge < -0.3 is 14.6 Å². The van der Waals surface area contributed by atoms with Crippen LogP contribution in [0.15, 0.2) is 47.3 Å². The van der Waals surface area contributed by atoms with E-state index in [2.05, 4.69) is 43.9 Å². The van der Waals surface area contributed by atoms with Gasteiger partial charge in [0.1, 0.15) is 5.76 Å². The Bertz CT molecular complexity index is 1590. The van der Waals surface area contributed by atoms with Crippen molar-refractivity contribution in [1.29, 1.82) is 0 Å². The Morgan fingerprint density at radius 3 is 2.05 bits per heavy atom. The predicted octanol–water partition coefficient (Wildman–Crippen LogP) is 9.48. The highest BCUT2D eigenvalue weighted by molar-refractivity contribution is 6.74. The normalized spacial score (nSPS) is 18.9. The second kappa shape index (κ2) is 10.7. The molecule has 0 bridgehead atoms. The van der Waals surface area contributed by atoms with Gasteiger partial charge in [-0.3, -0.25) is 4.68 Å². The minimum absolute atomic E-state index is 0.0412. The van der Waals surface area contributed by atoms with Gasteiger partial charge in [-0.2, -0.15) is 31.4 Å². The fourth-order valence-electron chi connectivity index (χ4n) is 5.21. The van der Waals surface area contributed by atoms with Gasteiger partial charge in [-0.15, -0.1) is 0 Å². The molecule has 0 radical (unpaired) electrons. The van der Waals surface area contributed by atoms with Crippen molar-refractivity contribution in [3.8, 4) is 22.5 Å². The number of nitrogens with zero attached hydrogens (tertiary/aromatic N) is 3. The van der Waals surface area contributed by atoms with Crippen LogP contribution in [0.1, 0.15) is 63.6 Å². The van der Waals surface area contributed by atoms with E-state index in [1.54, 1.807) is 6.20 Å². The number of furan rings is 1. The quantitative estimate of drug-likeness (QED) is 0.177. The number of nitrogens with two attached hydrogens (primary N) is 1. The van der Waals surface area contributed by atoms with E-state index in [-0.39, 0.29) is 46.0 Å². The second-order valence-corrected chi connectivity index (χ2v) is 17.5. The molecule has 232 valence electrons. The number of hydrogen-bond acceptors (Lipinski definition) is 5. The molecule has 4 aromatic rings. The Labute approximate surface area is 246 Å². The van der Waals surface area contributed by atoms with Crippen LogP contribution in [0, 0.1) is 0 Å². The first kappa shape index (κ1) is 31.1. The molecule has 6 nitrogen and oxygen atoms in total. The van der Waals surface area contributed by atoms with Crippen LogP contribution in [0.2, 0.25) is 18.1 Å². The van der Waals surface area contributed by atoms with Gasteiger partial charge in [0.05, 0.1) is 23.4 Å². The van der Waals surface area contributed by atoms with Crippen molar-refractivity contribution < 1.29 is 35.2 Å². The molecule has 0 amide bonds. The highest BCUT2D eigenvalue weighted by atomic mass is 28.4. The summed E-state index contributed by atoms with van der Waals surface area (Å²) in [6.07, 6.45) is -1.12. The molecular weight excluding hydrogens is 590 g/mol. The van der Waals surface area contributed by atoms with Gasteiger partial charge in [0.2, 0.25) is 0 Å². The summed E-state index contributed by atoms with van der Waals surface area (Å²) in [5, 5.41) is 5.11. The first-order chi connectivity index (χ1) is 19.8. The Morgan fingerprint density at radius 2 is 1.49 bits per heavy atom. The van der Waals surface area contributed by atoms with Crippen molar-refractivity contribution >= 4 is 25.1 Å². The van der Waals surface area contributed by atoms with E-state index in [4.69, 9.17) is 14.6 Å². The lowest BCUT2D eigenvalue weighted by Gasteiger charge is -2.41. The van der Waals surface area contributed by atoms with Crippen LogP contribution in [0.4, 0.5) is 32.2 Å². The second-order valence-electron chi connectivity index (χ2n) is 12.7. The third kappa shape index (κ3) is 6.33. The summed E-state index contributed by atoms with van der Waals surface area (Å²) >= 11 is 0. The number of rotatable bonds is 5. The van der Waals surface area contributed by atoms with E-state index in [1.807, 2.05) is 10.9 Å². The highest BCUT2D eigenvalue weighted by Gasteiger charge is 2.40. The fraction of sp³-hybridized carbons (Fsp3) is 0.467. The third-order valence-electron chi connectivity index (χ3n) is 8.66. The maximum Gasteiger partial charge on any atom is 0.416 e. The van der Waals surface area contributed by atoms with E-state index >= 15 is 0 Å². The molecule has 2 N–H and O–H groups in total. The molecular formula is C30H34F6N4O2Si. The van der Waals surface area contributed by atoms with Gasteiger partial charge in [-0.1, -0.05) is 20.8 Å². The summed E-state index contributed by atoms with van der Waals surface area (Å²) in [5.74, 6) is -0.236. The minimum atomic E-state index is -4.99. The van der Waals surface area contributed by atoms with Gasteiger partial charge >= 0.3 is 12.4 Å². The zero-order chi connectivity index (χ0) is 31.5. The largest absolute Gasteiger partial charge is 0.452 e. The lowest BCUT2D eigenvalue weighted by molar-refractivity contribution is -0.143. The Morgan fingerprint density at radius 1 is 0.884 bits per heavy atom. The average Bonchev–Trinajstić information content (AvgIpc) is 3.56. The molecule has 1 aliphatic carbocycles. The van der Waals surface area contributed by atoms with Crippen LogP contribution in [0.5, 0.6) is 0 Å². The maximum absolute atomic E-state index is 13.5.